The molecule has 0 saturated heterocycles. The maximum absolute atomic E-state index is 13.4. The molecule has 8 heteroatoms. The number of hydrogen-bond donors (Lipinski definition) is 2. The van der Waals surface area contributed by atoms with Gasteiger partial charge in [0.05, 0.1) is 34.9 Å². The number of thioether (sulfide) groups is 1. The Bertz CT molecular complexity index is 1140. The van der Waals surface area contributed by atoms with Gasteiger partial charge in [-0.2, -0.15) is 5.26 Å². The van der Waals surface area contributed by atoms with Gasteiger partial charge in [-0.1, -0.05) is 66.7 Å². The van der Waals surface area contributed by atoms with E-state index in [0.717, 1.165) is 6.42 Å². The largest absolute Gasteiger partial charge is 0.465 e. The maximum Gasteiger partial charge on any atom is 0.316 e. The standard InChI is InChI=1S/C25H24ClN3O3S/c1-3-13-32-21(30)15-33-25-19(14-27)23(18-11-7-8-12-20(18)26)22(16(2)28-25)24(31)29-17-9-5-4-6-10-17/h4-12,23,28H,3,13,15H2,1-2H3,(H,29,31)/t23-/m0/s1. The third kappa shape index (κ3) is 5.98. The molecule has 2 N–H and O–H groups in total. The van der Waals surface area contributed by atoms with Crippen molar-refractivity contribution < 1.29 is 14.3 Å². The first-order valence-corrected chi connectivity index (χ1v) is 11.8. The van der Waals surface area contributed by atoms with Crippen LogP contribution in [0, 0.1) is 11.3 Å². The number of nitrogens with zero attached hydrogens (tertiary/aromatic N) is 1. The highest BCUT2D eigenvalue weighted by atomic mass is 35.5. The van der Waals surface area contributed by atoms with Crippen LogP contribution in [0.25, 0.3) is 0 Å². The molecule has 3 rings (SSSR count). The van der Waals surface area contributed by atoms with Gasteiger partial charge in [0, 0.05) is 22.0 Å². The zero-order valence-electron chi connectivity index (χ0n) is 18.4. The lowest BCUT2D eigenvalue weighted by Crippen LogP contribution is -2.31. The number of nitrogens with one attached hydrogen (secondary N) is 2. The van der Waals surface area contributed by atoms with Gasteiger partial charge >= 0.3 is 5.97 Å². The van der Waals surface area contributed by atoms with Crippen molar-refractivity contribution in [3.63, 3.8) is 0 Å². The number of carbonyl (C=O) groups excluding carboxylic acids is 2. The normalized spacial score (nSPS) is 15.5. The summed E-state index contributed by atoms with van der Waals surface area (Å²) in [7, 11) is 0. The van der Waals surface area contributed by atoms with Crippen LogP contribution in [0.15, 0.2) is 76.5 Å². The fraction of sp³-hybridized carbons (Fsp3) is 0.240. The number of ether oxygens (including phenoxy) is 1. The second-order valence-corrected chi connectivity index (χ2v) is 8.69. The van der Waals surface area contributed by atoms with E-state index in [1.54, 1.807) is 37.3 Å². The molecule has 1 aliphatic rings. The van der Waals surface area contributed by atoms with E-state index in [1.807, 2.05) is 31.2 Å². The van der Waals surface area contributed by atoms with Crippen molar-refractivity contribution in [2.45, 2.75) is 26.2 Å². The van der Waals surface area contributed by atoms with Crippen LogP contribution >= 0.6 is 23.4 Å². The van der Waals surface area contributed by atoms with Crippen molar-refractivity contribution in [2.24, 2.45) is 0 Å². The smallest absolute Gasteiger partial charge is 0.316 e. The molecule has 0 aliphatic carbocycles. The fourth-order valence-electron chi connectivity index (χ4n) is 3.46. The van der Waals surface area contributed by atoms with E-state index in [4.69, 9.17) is 16.3 Å². The Balaban J connectivity index is 1.99. The van der Waals surface area contributed by atoms with Gasteiger partial charge in [-0.3, -0.25) is 9.59 Å². The van der Waals surface area contributed by atoms with Crippen LogP contribution in [0.1, 0.15) is 31.7 Å². The van der Waals surface area contributed by atoms with E-state index in [2.05, 4.69) is 16.7 Å². The number of anilines is 1. The Kier molecular flexibility index (Phi) is 8.58. The van der Waals surface area contributed by atoms with Gasteiger partial charge in [0.2, 0.25) is 0 Å². The molecule has 0 bridgehead atoms. The molecule has 0 aromatic heterocycles. The lowest BCUT2D eigenvalue weighted by Gasteiger charge is -2.30. The Labute approximate surface area is 202 Å². The monoisotopic (exact) mass is 481 g/mol. The minimum Gasteiger partial charge on any atom is -0.465 e. The van der Waals surface area contributed by atoms with Crippen molar-refractivity contribution in [2.75, 3.05) is 17.7 Å². The molecule has 0 unspecified atom stereocenters. The highest BCUT2D eigenvalue weighted by molar-refractivity contribution is 8.03. The van der Waals surface area contributed by atoms with Crippen molar-refractivity contribution in [3.8, 4) is 6.07 Å². The van der Waals surface area contributed by atoms with Gasteiger partial charge in [-0.15, -0.1) is 0 Å². The number of hydrogen-bond acceptors (Lipinski definition) is 6. The fourth-order valence-corrected chi connectivity index (χ4v) is 4.59. The Hall–Kier alpha value is -3.21. The molecule has 0 radical (unpaired) electrons. The first-order valence-electron chi connectivity index (χ1n) is 10.5. The number of benzene rings is 2. The molecule has 0 saturated carbocycles. The molecular weight excluding hydrogens is 458 g/mol. The molecule has 0 spiro atoms. The molecule has 1 heterocycles. The summed E-state index contributed by atoms with van der Waals surface area (Å²) < 4.78 is 5.14. The highest BCUT2D eigenvalue weighted by Gasteiger charge is 2.36. The second-order valence-electron chi connectivity index (χ2n) is 7.30. The van der Waals surface area contributed by atoms with Gasteiger partial charge < -0.3 is 15.4 Å². The zero-order chi connectivity index (χ0) is 23.8. The van der Waals surface area contributed by atoms with Crippen LogP contribution in [0.2, 0.25) is 5.02 Å². The SMILES string of the molecule is CCCOC(=O)CSC1=C(C#N)[C@H](c2ccccc2Cl)C(C(=O)Nc2ccccc2)=C(C)N1. The predicted octanol–water partition coefficient (Wildman–Crippen LogP) is 5.36. The summed E-state index contributed by atoms with van der Waals surface area (Å²) in [6.45, 7) is 4.04. The van der Waals surface area contributed by atoms with E-state index in [1.165, 1.54) is 11.8 Å². The summed E-state index contributed by atoms with van der Waals surface area (Å²) in [5.74, 6) is -1.35. The van der Waals surface area contributed by atoms with E-state index < -0.39 is 5.92 Å². The van der Waals surface area contributed by atoms with Crippen LogP contribution in [0.5, 0.6) is 0 Å². The molecule has 6 nitrogen and oxygen atoms in total. The van der Waals surface area contributed by atoms with E-state index in [0.29, 0.717) is 44.8 Å². The number of dihydropyridines is 1. The molecule has 2 aromatic carbocycles. The predicted molar refractivity (Wildman–Crippen MR) is 131 cm³/mol. The van der Waals surface area contributed by atoms with Gasteiger partial charge in [-0.05, 0) is 37.1 Å². The second kappa shape index (κ2) is 11.6. The number of allylic oxidation sites excluding steroid dienone is 2. The lowest BCUT2D eigenvalue weighted by molar-refractivity contribution is -0.140. The number of halogens is 1. The summed E-state index contributed by atoms with van der Waals surface area (Å²) >= 11 is 7.68. The van der Waals surface area contributed by atoms with Crippen LogP contribution in [-0.2, 0) is 14.3 Å². The third-order valence-electron chi connectivity index (χ3n) is 4.94. The minimum atomic E-state index is -0.692. The van der Waals surface area contributed by atoms with Crippen molar-refractivity contribution in [1.82, 2.24) is 5.32 Å². The van der Waals surface area contributed by atoms with Gasteiger partial charge in [0.25, 0.3) is 5.91 Å². The molecule has 1 atom stereocenters. The van der Waals surface area contributed by atoms with Crippen LogP contribution in [0.3, 0.4) is 0 Å². The first kappa shape index (κ1) is 24.4. The number of carbonyl (C=O) groups is 2. The Morgan fingerprint density at radius 1 is 1.18 bits per heavy atom. The van der Waals surface area contributed by atoms with Crippen LogP contribution in [0.4, 0.5) is 5.69 Å². The summed E-state index contributed by atoms with van der Waals surface area (Å²) in [6, 6.07) is 18.5. The maximum atomic E-state index is 13.4. The van der Waals surface area contributed by atoms with Crippen molar-refractivity contribution in [1.29, 1.82) is 5.26 Å². The molecule has 170 valence electrons. The molecular formula is C25H24ClN3O3S. The van der Waals surface area contributed by atoms with Crippen molar-refractivity contribution in [3.05, 3.63) is 87.1 Å². The number of esters is 1. The molecule has 2 aromatic rings. The summed E-state index contributed by atoms with van der Waals surface area (Å²) in [5, 5.41) is 17.1. The van der Waals surface area contributed by atoms with Crippen LogP contribution < -0.4 is 10.6 Å². The molecule has 1 aliphatic heterocycles. The highest BCUT2D eigenvalue weighted by Crippen LogP contribution is 2.43. The van der Waals surface area contributed by atoms with E-state index >= 15 is 0 Å². The zero-order valence-corrected chi connectivity index (χ0v) is 19.9. The van der Waals surface area contributed by atoms with E-state index in [9.17, 15) is 14.9 Å². The van der Waals surface area contributed by atoms with E-state index in [-0.39, 0.29) is 17.6 Å². The van der Waals surface area contributed by atoms with Crippen molar-refractivity contribution >= 4 is 40.9 Å². The molecule has 33 heavy (non-hydrogen) atoms. The first-order chi connectivity index (χ1) is 16.0. The van der Waals surface area contributed by atoms with Gasteiger partial charge in [0.15, 0.2) is 0 Å². The average Bonchev–Trinajstić information content (AvgIpc) is 2.81. The van der Waals surface area contributed by atoms with Gasteiger partial charge in [0.1, 0.15) is 0 Å². The topological polar surface area (TPSA) is 91.2 Å². The summed E-state index contributed by atoms with van der Waals surface area (Å²) in [4.78, 5) is 25.4. The quantitative estimate of drug-likeness (QED) is 0.493. The summed E-state index contributed by atoms with van der Waals surface area (Å²) in [5.41, 5.74) is 2.57. The third-order valence-corrected chi connectivity index (χ3v) is 6.28. The molecule has 0 fully saturated rings. The summed E-state index contributed by atoms with van der Waals surface area (Å²) in [6.07, 6.45) is 0.733. The molecule has 1 amide bonds. The Morgan fingerprint density at radius 3 is 2.55 bits per heavy atom. The minimum absolute atomic E-state index is 0.0432. The number of amides is 1. The average molecular weight is 482 g/mol. The Morgan fingerprint density at radius 2 is 1.88 bits per heavy atom. The number of rotatable bonds is 8. The number of para-hydroxylation sites is 1. The number of nitriles is 1. The lowest BCUT2D eigenvalue weighted by atomic mass is 9.82. The van der Waals surface area contributed by atoms with Crippen LogP contribution in [-0.4, -0.2) is 24.2 Å². The van der Waals surface area contributed by atoms with Gasteiger partial charge in [-0.25, -0.2) is 0 Å².